The number of benzene rings is 1. The van der Waals surface area contributed by atoms with Gasteiger partial charge < -0.3 is 15.2 Å². The van der Waals surface area contributed by atoms with Crippen LogP contribution in [0.1, 0.15) is 10.4 Å². The lowest BCUT2D eigenvalue weighted by Crippen LogP contribution is -2.07. The van der Waals surface area contributed by atoms with Gasteiger partial charge in [0.25, 0.3) is 0 Å². The van der Waals surface area contributed by atoms with Gasteiger partial charge in [0.2, 0.25) is 0 Å². The molecule has 0 amide bonds. The molecule has 6 nitrogen and oxygen atoms in total. The van der Waals surface area contributed by atoms with Crippen molar-refractivity contribution in [2.24, 2.45) is 0 Å². The Morgan fingerprint density at radius 1 is 1.35 bits per heavy atom. The molecule has 0 saturated carbocycles. The second kappa shape index (κ2) is 6.25. The average molecular weight is 291 g/mol. The highest BCUT2D eigenvalue weighted by Crippen LogP contribution is 2.24. The number of nitrogens with one attached hydrogen (secondary N) is 1. The lowest BCUT2D eigenvalue weighted by molar-refractivity contribution is 0.0697. The Hall–Kier alpha value is -2.28. The second-order valence-electron chi connectivity index (χ2n) is 3.81. The minimum absolute atomic E-state index is 0.0761. The zero-order valence-electron chi connectivity index (χ0n) is 11.0. The summed E-state index contributed by atoms with van der Waals surface area (Å²) in [6, 6.07) is 8.62. The minimum Gasteiger partial charge on any atom is -0.497 e. The van der Waals surface area contributed by atoms with E-state index in [0.717, 1.165) is 0 Å². The highest BCUT2D eigenvalue weighted by Gasteiger charge is 2.14. The van der Waals surface area contributed by atoms with Crippen molar-refractivity contribution in [1.82, 2.24) is 10.2 Å². The van der Waals surface area contributed by atoms with Gasteiger partial charge in [0.1, 0.15) is 16.3 Å². The molecule has 0 bridgehead atoms. The number of hydrogen-bond donors (Lipinski definition) is 2. The van der Waals surface area contributed by atoms with Gasteiger partial charge in [-0.25, -0.2) is 4.79 Å². The maximum absolute atomic E-state index is 11.3. The molecule has 0 aliphatic heterocycles. The molecule has 1 heterocycles. The SMILES string of the molecule is COc1cccc(Nc2nnc(SC)cc2C(=O)O)c1. The van der Waals surface area contributed by atoms with Gasteiger partial charge in [-0.3, -0.25) is 0 Å². The number of aromatic nitrogens is 2. The van der Waals surface area contributed by atoms with E-state index in [1.165, 1.54) is 17.8 Å². The van der Waals surface area contributed by atoms with Crippen molar-refractivity contribution in [3.63, 3.8) is 0 Å². The molecule has 2 rings (SSSR count). The summed E-state index contributed by atoms with van der Waals surface area (Å²) in [5.74, 6) is -0.190. The summed E-state index contributed by atoms with van der Waals surface area (Å²) < 4.78 is 5.11. The fraction of sp³-hybridized carbons (Fsp3) is 0.154. The third-order valence-corrected chi connectivity index (χ3v) is 3.16. The fourth-order valence-corrected chi connectivity index (χ4v) is 1.92. The van der Waals surface area contributed by atoms with Crippen molar-refractivity contribution in [1.29, 1.82) is 0 Å². The van der Waals surface area contributed by atoms with Crippen molar-refractivity contribution < 1.29 is 14.6 Å². The quantitative estimate of drug-likeness (QED) is 0.819. The Bertz CT molecular complexity index is 634. The largest absolute Gasteiger partial charge is 0.497 e. The highest BCUT2D eigenvalue weighted by molar-refractivity contribution is 7.98. The summed E-state index contributed by atoms with van der Waals surface area (Å²) in [5, 5.41) is 20.6. The van der Waals surface area contributed by atoms with Crippen LogP contribution in [0, 0.1) is 0 Å². The van der Waals surface area contributed by atoms with Crippen molar-refractivity contribution >= 4 is 29.2 Å². The lowest BCUT2D eigenvalue weighted by atomic mass is 10.2. The summed E-state index contributed by atoms with van der Waals surface area (Å²) in [7, 11) is 1.56. The molecule has 7 heteroatoms. The van der Waals surface area contributed by atoms with Crippen LogP contribution in [0.25, 0.3) is 0 Å². The molecule has 0 aliphatic carbocycles. The predicted molar refractivity (Wildman–Crippen MR) is 77.0 cm³/mol. The molecule has 0 atom stereocenters. The first kappa shape index (κ1) is 14.1. The molecular formula is C13H13N3O3S. The van der Waals surface area contributed by atoms with Crippen LogP contribution in [0.5, 0.6) is 5.75 Å². The molecule has 1 aromatic carbocycles. The van der Waals surface area contributed by atoms with E-state index in [1.807, 2.05) is 6.26 Å². The maximum atomic E-state index is 11.3. The summed E-state index contributed by atoms with van der Waals surface area (Å²) in [6.07, 6.45) is 1.81. The minimum atomic E-state index is -1.06. The van der Waals surface area contributed by atoms with E-state index in [-0.39, 0.29) is 11.4 Å². The average Bonchev–Trinajstić information content (AvgIpc) is 2.47. The normalized spacial score (nSPS) is 10.1. The summed E-state index contributed by atoms with van der Waals surface area (Å²) in [6.45, 7) is 0. The van der Waals surface area contributed by atoms with Crippen LogP contribution in [0.15, 0.2) is 35.4 Å². The van der Waals surface area contributed by atoms with Gasteiger partial charge in [-0.15, -0.1) is 22.0 Å². The van der Waals surface area contributed by atoms with Crippen molar-refractivity contribution in [2.45, 2.75) is 5.03 Å². The number of rotatable bonds is 5. The van der Waals surface area contributed by atoms with Gasteiger partial charge in [0.15, 0.2) is 5.82 Å². The fourth-order valence-electron chi connectivity index (χ4n) is 1.57. The van der Waals surface area contributed by atoms with E-state index in [2.05, 4.69) is 15.5 Å². The third-order valence-electron chi connectivity index (χ3n) is 2.54. The number of nitrogens with zero attached hydrogens (tertiary/aromatic N) is 2. The monoisotopic (exact) mass is 291 g/mol. The van der Waals surface area contributed by atoms with Gasteiger partial charge in [-0.1, -0.05) is 6.07 Å². The van der Waals surface area contributed by atoms with Crippen molar-refractivity contribution in [3.05, 3.63) is 35.9 Å². The smallest absolute Gasteiger partial charge is 0.339 e. The zero-order valence-corrected chi connectivity index (χ0v) is 11.8. The molecule has 104 valence electrons. The molecule has 1 aromatic heterocycles. The second-order valence-corrected chi connectivity index (χ2v) is 4.64. The Morgan fingerprint density at radius 3 is 2.80 bits per heavy atom. The van der Waals surface area contributed by atoms with E-state index in [1.54, 1.807) is 31.4 Å². The first-order valence-electron chi connectivity index (χ1n) is 5.70. The van der Waals surface area contributed by atoms with Crippen LogP contribution in [0.3, 0.4) is 0 Å². The van der Waals surface area contributed by atoms with E-state index >= 15 is 0 Å². The first-order valence-corrected chi connectivity index (χ1v) is 6.92. The van der Waals surface area contributed by atoms with E-state index < -0.39 is 5.97 Å². The van der Waals surface area contributed by atoms with E-state index in [4.69, 9.17) is 4.74 Å². The molecule has 0 aliphatic rings. The van der Waals surface area contributed by atoms with Gasteiger partial charge >= 0.3 is 5.97 Å². The van der Waals surface area contributed by atoms with Crippen LogP contribution >= 0.6 is 11.8 Å². The third kappa shape index (κ3) is 3.18. The molecule has 0 radical (unpaired) electrons. The number of aromatic carboxylic acids is 1. The Labute approximate surface area is 120 Å². The van der Waals surface area contributed by atoms with Gasteiger partial charge in [-0.2, -0.15) is 0 Å². The Balaban J connectivity index is 2.34. The summed E-state index contributed by atoms with van der Waals surface area (Å²) >= 11 is 1.34. The number of hydrogen-bond acceptors (Lipinski definition) is 6. The van der Waals surface area contributed by atoms with Crippen molar-refractivity contribution in [2.75, 3.05) is 18.7 Å². The highest BCUT2D eigenvalue weighted by atomic mass is 32.2. The number of anilines is 2. The van der Waals surface area contributed by atoms with Gasteiger partial charge in [0, 0.05) is 11.8 Å². The molecule has 0 fully saturated rings. The van der Waals surface area contributed by atoms with E-state index in [0.29, 0.717) is 16.5 Å². The predicted octanol–water partition coefficient (Wildman–Crippen LogP) is 2.65. The first-order chi connectivity index (χ1) is 9.63. The topological polar surface area (TPSA) is 84.3 Å². The molecular weight excluding hydrogens is 278 g/mol. The molecule has 0 spiro atoms. The number of ether oxygens (including phenoxy) is 1. The van der Waals surface area contributed by atoms with Gasteiger partial charge in [-0.05, 0) is 24.5 Å². The van der Waals surface area contributed by atoms with Crippen LogP contribution in [-0.2, 0) is 0 Å². The van der Waals surface area contributed by atoms with E-state index in [9.17, 15) is 9.90 Å². The number of carboxylic acids is 1. The van der Waals surface area contributed by atoms with Crippen molar-refractivity contribution in [3.8, 4) is 5.75 Å². The Morgan fingerprint density at radius 2 is 2.15 bits per heavy atom. The number of thioether (sulfide) groups is 1. The summed E-state index contributed by atoms with van der Waals surface area (Å²) in [5.41, 5.74) is 0.755. The Kier molecular flexibility index (Phi) is 4.41. The number of carboxylic acid groups (broad SMARTS) is 1. The van der Waals surface area contributed by atoms with Crippen LogP contribution in [0.4, 0.5) is 11.5 Å². The molecule has 2 N–H and O–H groups in total. The molecule has 0 saturated heterocycles. The van der Waals surface area contributed by atoms with Gasteiger partial charge in [0.05, 0.1) is 7.11 Å². The molecule has 20 heavy (non-hydrogen) atoms. The summed E-state index contributed by atoms with van der Waals surface area (Å²) in [4.78, 5) is 11.3. The van der Waals surface area contributed by atoms with Crippen LogP contribution in [-0.4, -0.2) is 34.6 Å². The molecule has 0 unspecified atom stereocenters. The standard InChI is InChI=1S/C13H13N3O3S/c1-19-9-5-3-4-8(6-9)14-12-10(13(17)18)7-11(20-2)15-16-12/h3-7H,1-2H3,(H,14,16)(H,17,18). The number of methoxy groups -OCH3 is 1. The van der Waals surface area contributed by atoms with Crippen LogP contribution < -0.4 is 10.1 Å². The maximum Gasteiger partial charge on any atom is 0.339 e. The lowest BCUT2D eigenvalue weighted by Gasteiger charge is -2.09. The molecule has 2 aromatic rings. The zero-order chi connectivity index (χ0) is 14.5. The number of carbonyl (C=O) groups is 1. The van der Waals surface area contributed by atoms with Crippen LogP contribution in [0.2, 0.25) is 0 Å².